The van der Waals surface area contributed by atoms with Crippen molar-refractivity contribution in [2.75, 3.05) is 6.54 Å². The fraction of sp³-hybridized carbons (Fsp3) is 0.269. The van der Waals surface area contributed by atoms with Crippen molar-refractivity contribution in [1.82, 2.24) is 16.0 Å². The molecule has 3 aromatic rings. The van der Waals surface area contributed by atoms with Crippen LogP contribution >= 0.6 is 0 Å². The molecule has 166 valence electrons. The number of benzene rings is 3. The van der Waals surface area contributed by atoms with E-state index >= 15 is 0 Å². The van der Waals surface area contributed by atoms with E-state index in [1.165, 1.54) is 0 Å². The highest BCUT2D eigenvalue weighted by Crippen LogP contribution is 2.18. The number of rotatable bonds is 10. The zero-order valence-corrected chi connectivity index (χ0v) is 18.3. The lowest BCUT2D eigenvalue weighted by Crippen LogP contribution is -2.42. The highest BCUT2D eigenvalue weighted by molar-refractivity contribution is 5.87. The third kappa shape index (κ3) is 7.23. The van der Waals surface area contributed by atoms with Gasteiger partial charge >= 0.3 is 0 Å². The van der Waals surface area contributed by atoms with Gasteiger partial charge in [0.2, 0.25) is 17.7 Å². The largest absolute Gasteiger partial charge is 0.352 e. The van der Waals surface area contributed by atoms with Crippen molar-refractivity contribution in [2.45, 2.75) is 38.8 Å². The van der Waals surface area contributed by atoms with Crippen molar-refractivity contribution in [3.8, 4) is 0 Å². The maximum Gasteiger partial charge on any atom is 0.239 e. The molecule has 3 amide bonds. The first-order valence-electron chi connectivity index (χ1n) is 10.8. The van der Waals surface area contributed by atoms with Gasteiger partial charge in [0.1, 0.15) is 0 Å². The molecule has 0 unspecified atom stereocenters. The summed E-state index contributed by atoms with van der Waals surface area (Å²) in [6, 6.07) is 23.4. The zero-order chi connectivity index (χ0) is 22.8. The number of carbonyl (C=O) groups is 3. The van der Waals surface area contributed by atoms with Crippen LogP contribution in [0.2, 0.25) is 0 Å². The van der Waals surface area contributed by atoms with E-state index in [1.807, 2.05) is 72.8 Å². The van der Waals surface area contributed by atoms with Gasteiger partial charge in [0, 0.05) is 25.4 Å². The summed E-state index contributed by atoms with van der Waals surface area (Å²) < 4.78 is 0. The molecule has 3 aromatic carbocycles. The summed E-state index contributed by atoms with van der Waals surface area (Å²) in [5, 5.41) is 10.5. The van der Waals surface area contributed by atoms with Crippen LogP contribution in [0.15, 0.2) is 72.8 Å². The van der Waals surface area contributed by atoms with Crippen LogP contribution in [0.25, 0.3) is 10.8 Å². The number of amides is 3. The van der Waals surface area contributed by atoms with Crippen molar-refractivity contribution in [1.29, 1.82) is 0 Å². The Morgan fingerprint density at radius 3 is 2.31 bits per heavy atom. The predicted molar refractivity (Wildman–Crippen MR) is 126 cm³/mol. The fourth-order valence-corrected chi connectivity index (χ4v) is 3.54. The number of aryl methyl sites for hydroxylation is 1. The number of carbonyl (C=O) groups excluding carboxylic acids is 3. The van der Waals surface area contributed by atoms with Crippen LogP contribution in [0, 0.1) is 0 Å². The minimum Gasteiger partial charge on any atom is -0.352 e. The van der Waals surface area contributed by atoms with Crippen molar-refractivity contribution in [3.05, 3.63) is 83.9 Å². The Kier molecular flexibility index (Phi) is 8.37. The van der Waals surface area contributed by atoms with Crippen LogP contribution in [0.3, 0.4) is 0 Å². The number of hydrogen-bond donors (Lipinski definition) is 3. The topological polar surface area (TPSA) is 87.3 Å². The van der Waals surface area contributed by atoms with Crippen molar-refractivity contribution >= 4 is 28.5 Å². The van der Waals surface area contributed by atoms with Crippen molar-refractivity contribution < 1.29 is 14.4 Å². The number of nitrogens with one attached hydrogen (secondary N) is 3. The highest BCUT2D eigenvalue weighted by Gasteiger charge is 2.13. The molecule has 6 nitrogen and oxygen atoms in total. The molecule has 0 saturated carbocycles. The van der Waals surface area contributed by atoms with Gasteiger partial charge in [-0.3, -0.25) is 14.4 Å². The average molecular weight is 432 g/mol. The lowest BCUT2D eigenvalue weighted by atomic mass is 10.0. The van der Waals surface area contributed by atoms with E-state index in [4.69, 9.17) is 0 Å². The summed E-state index contributed by atoms with van der Waals surface area (Å²) in [7, 11) is 0. The summed E-state index contributed by atoms with van der Waals surface area (Å²) in [5.41, 5.74) is 2.13. The molecule has 0 radical (unpaired) electrons. The first kappa shape index (κ1) is 23.0. The second kappa shape index (κ2) is 11.6. The second-order valence-electron chi connectivity index (χ2n) is 7.85. The maximum atomic E-state index is 12.3. The van der Waals surface area contributed by atoms with Crippen LogP contribution in [0.1, 0.15) is 30.9 Å². The molecule has 0 aliphatic rings. The first-order chi connectivity index (χ1) is 15.5. The number of fused-ring (bicyclic) bond motifs is 1. The molecule has 0 bridgehead atoms. The number of hydrogen-bond acceptors (Lipinski definition) is 3. The van der Waals surface area contributed by atoms with Gasteiger partial charge < -0.3 is 16.0 Å². The molecule has 0 heterocycles. The standard InChI is InChI=1S/C26H29N3O3/c1-19(29-26(32)18-28-24(30)15-14-20-8-3-2-4-9-20)16-25(31)27-17-22-12-7-11-21-10-5-6-13-23(21)22/h2-13,19H,14-18H2,1H3,(H,27,31)(H,28,30)(H,29,32)/t19-/m0/s1. The minimum absolute atomic E-state index is 0.102. The van der Waals surface area contributed by atoms with Gasteiger partial charge in [-0.2, -0.15) is 0 Å². The van der Waals surface area contributed by atoms with Crippen LogP contribution < -0.4 is 16.0 Å². The van der Waals surface area contributed by atoms with E-state index in [9.17, 15) is 14.4 Å². The molecule has 0 aromatic heterocycles. The van der Waals surface area contributed by atoms with E-state index in [1.54, 1.807) is 6.92 Å². The first-order valence-corrected chi connectivity index (χ1v) is 10.8. The molecule has 6 heteroatoms. The second-order valence-corrected chi connectivity index (χ2v) is 7.85. The van der Waals surface area contributed by atoms with Gasteiger partial charge in [-0.1, -0.05) is 72.8 Å². The lowest BCUT2D eigenvalue weighted by Gasteiger charge is -2.15. The molecule has 32 heavy (non-hydrogen) atoms. The quantitative estimate of drug-likeness (QED) is 0.461. The molecule has 0 fully saturated rings. The Labute approximate surface area is 188 Å². The van der Waals surface area contributed by atoms with E-state index in [-0.39, 0.29) is 36.7 Å². The molecule has 0 aliphatic carbocycles. The smallest absolute Gasteiger partial charge is 0.239 e. The van der Waals surface area contributed by atoms with E-state index in [2.05, 4.69) is 16.0 Å². The van der Waals surface area contributed by atoms with Crippen LogP contribution in [0.5, 0.6) is 0 Å². The predicted octanol–water partition coefficient (Wildman–Crippen LogP) is 3.10. The van der Waals surface area contributed by atoms with Crippen LogP contribution in [-0.4, -0.2) is 30.3 Å². The third-order valence-corrected chi connectivity index (χ3v) is 5.18. The Hall–Kier alpha value is -3.67. The van der Waals surface area contributed by atoms with Gasteiger partial charge in [-0.05, 0) is 35.2 Å². The molecule has 0 saturated heterocycles. The summed E-state index contributed by atoms with van der Waals surface area (Å²) in [5.74, 6) is -0.630. The summed E-state index contributed by atoms with van der Waals surface area (Å²) in [4.78, 5) is 36.3. The van der Waals surface area contributed by atoms with E-state index in [0.29, 0.717) is 19.4 Å². The van der Waals surface area contributed by atoms with E-state index < -0.39 is 0 Å². The minimum atomic E-state index is -0.337. The average Bonchev–Trinajstić information content (AvgIpc) is 2.80. The summed E-state index contributed by atoms with van der Waals surface area (Å²) in [6.07, 6.45) is 1.11. The van der Waals surface area contributed by atoms with Gasteiger partial charge in [0.25, 0.3) is 0 Å². The van der Waals surface area contributed by atoms with E-state index in [0.717, 1.165) is 21.9 Å². The van der Waals surface area contributed by atoms with Crippen molar-refractivity contribution in [3.63, 3.8) is 0 Å². The SMILES string of the molecule is C[C@@H](CC(=O)NCc1cccc2ccccc12)NC(=O)CNC(=O)CCc1ccccc1. The molecule has 0 spiro atoms. The molecular formula is C26H29N3O3. The molecule has 3 N–H and O–H groups in total. The van der Waals surface area contributed by atoms with Crippen LogP contribution in [0.4, 0.5) is 0 Å². The fourth-order valence-electron chi connectivity index (χ4n) is 3.54. The summed E-state index contributed by atoms with van der Waals surface area (Å²) >= 11 is 0. The van der Waals surface area contributed by atoms with Crippen LogP contribution in [-0.2, 0) is 27.3 Å². The van der Waals surface area contributed by atoms with Gasteiger partial charge in [0.05, 0.1) is 6.54 Å². The summed E-state index contributed by atoms with van der Waals surface area (Å²) in [6.45, 7) is 2.10. The lowest BCUT2D eigenvalue weighted by molar-refractivity contribution is -0.127. The highest BCUT2D eigenvalue weighted by atomic mass is 16.2. The van der Waals surface area contributed by atoms with Crippen molar-refractivity contribution in [2.24, 2.45) is 0 Å². The van der Waals surface area contributed by atoms with Gasteiger partial charge in [0.15, 0.2) is 0 Å². The Balaban J connectivity index is 1.35. The maximum absolute atomic E-state index is 12.3. The Bertz CT molecular complexity index is 1060. The monoisotopic (exact) mass is 431 g/mol. The third-order valence-electron chi connectivity index (χ3n) is 5.18. The zero-order valence-electron chi connectivity index (χ0n) is 18.3. The molecule has 3 rings (SSSR count). The van der Waals surface area contributed by atoms with Gasteiger partial charge in [-0.25, -0.2) is 0 Å². The normalized spacial score (nSPS) is 11.5. The Morgan fingerprint density at radius 2 is 1.50 bits per heavy atom. The van der Waals surface area contributed by atoms with Gasteiger partial charge in [-0.15, -0.1) is 0 Å². The molecule has 0 aliphatic heterocycles. The molecular weight excluding hydrogens is 402 g/mol. The Morgan fingerprint density at radius 1 is 0.781 bits per heavy atom. The molecule has 1 atom stereocenters.